The average Bonchev–Trinajstić information content (AvgIpc) is 2.93. The zero-order chi connectivity index (χ0) is 27.1. The highest BCUT2D eigenvalue weighted by molar-refractivity contribution is 5.66. The zero-order valence-electron chi connectivity index (χ0n) is 22.9. The molecule has 0 radical (unpaired) electrons. The molecule has 0 unspecified atom stereocenters. The van der Waals surface area contributed by atoms with E-state index in [1.807, 2.05) is 0 Å². The highest BCUT2D eigenvalue weighted by Crippen LogP contribution is 2.45. The van der Waals surface area contributed by atoms with Crippen molar-refractivity contribution in [3.05, 3.63) is 65.2 Å². The summed E-state index contributed by atoms with van der Waals surface area (Å²) in [5, 5.41) is 0. The summed E-state index contributed by atoms with van der Waals surface area (Å²) < 4.78 is 65.4. The first-order valence-electron chi connectivity index (χ1n) is 14.7. The van der Waals surface area contributed by atoms with E-state index >= 15 is 8.78 Å². The molecule has 1 nitrogen and oxygen atoms in total. The van der Waals surface area contributed by atoms with Gasteiger partial charge in [-0.2, -0.15) is 4.39 Å². The van der Waals surface area contributed by atoms with Crippen molar-refractivity contribution in [3.63, 3.8) is 0 Å². The van der Waals surface area contributed by atoms with Crippen molar-refractivity contribution >= 4 is 0 Å². The second-order valence-corrected chi connectivity index (χ2v) is 11.3. The SMILES string of the molecule is CC=CC1CCC(C2CCC(c3ccc(-c4ccc(OCCCCCC)c(F)c4F)c(F)c3F)CC2)CC1. The summed E-state index contributed by atoms with van der Waals surface area (Å²) in [5.74, 6) is -2.57. The molecule has 5 heteroatoms. The van der Waals surface area contributed by atoms with Gasteiger partial charge in [-0.25, -0.2) is 13.2 Å². The zero-order valence-corrected chi connectivity index (χ0v) is 22.9. The molecule has 0 bridgehead atoms. The van der Waals surface area contributed by atoms with E-state index in [0.717, 1.165) is 57.3 Å². The topological polar surface area (TPSA) is 9.23 Å². The summed E-state index contributed by atoms with van der Waals surface area (Å²) in [4.78, 5) is 0. The third kappa shape index (κ3) is 6.63. The van der Waals surface area contributed by atoms with Crippen LogP contribution in [-0.2, 0) is 0 Å². The molecule has 2 aliphatic rings. The van der Waals surface area contributed by atoms with Gasteiger partial charge in [0.2, 0.25) is 5.82 Å². The fraction of sp³-hybridized carbons (Fsp3) is 0.576. The normalized spacial score (nSPS) is 24.2. The lowest BCUT2D eigenvalue weighted by atomic mass is 9.68. The molecule has 2 aliphatic carbocycles. The minimum Gasteiger partial charge on any atom is -0.490 e. The van der Waals surface area contributed by atoms with Crippen LogP contribution >= 0.6 is 0 Å². The molecule has 4 rings (SSSR count). The molecule has 0 saturated heterocycles. The van der Waals surface area contributed by atoms with E-state index in [-0.39, 0.29) is 29.4 Å². The van der Waals surface area contributed by atoms with Crippen molar-refractivity contribution in [3.8, 4) is 16.9 Å². The molecule has 0 spiro atoms. The van der Waals surface area contributed by atoms with E-state index in [1.54, 1.807) is 6.07 Å². The summed E-state index contributed by atoms with van der Waals surface area (Å²) in [5.41, 5.74) is -0.195. The molecule has 2 aromatic carbocycles. The van der Waals surface area contributed by atoms with Gasteiger partial charge in [-0.15, -0.1) is 0 Å². The molecule has 2 saturated carbocycles. The van der Waals surface area contributed by atoms with Crippen LogP contribution in [0.15, 0.2) is 36.4 Å². The number of hydrogen-bond donors (Lipinski definition) is 0. The minimum atomic E-state index is -1.22. The van der Waals surface area contributed by atoms with Crippen LogP contribution < -0.4 is 4.74 Å². The number of ether oxygens (including phenoxy) is 1. The predicted octanol–water partition coefficient (Wildman–Crippen LogP) is 10.5. The Labute approximate surface area is 225 Å². The summed E-state index contributed by atoms with van der Waals surface area (Å²) in [6, 6.07) is 5.53. The number of hydrogen-bond acceptors (Lipinski definition) is 1. The molecule has 0 atom stereocenters. The Bertz CT molecular complexity index is 1080. The Morgan fingerprint density at radius 1 is 0.711 bits per heavy atom. The van der Waals surface area contributed by atoms with Gasteiger partial charge in [0, 0.05) is 11.1 Å². The second kappa shape index (κ2) is 13.7. The highest BCUT2D eigenvalue weighted by atomic mass is 19.2. The molecule has 2 fully saturated rings. The van der Waals surface area contributed by atoms with Crippen molar-refractivity contribution in [1.29, 1.82) is 0 Å². The maximum Gasteiger partial charge on any atom is 0.201 e. The van der Waals surface area contributed by atoms with Crippen LogP contribution in [0.25, 0.3) is 11.1 Å². The van der Waals surface area contributed by atoms with E-state index in [4.69, 9.17) is 4.74 Å². The molecule has 208 valence electrons. The van der Waals surface area contributed by atoms with Crippen molar-refractivity contribution in [1.82, 2.24) is 0 Å². The Kier molecular flexibility index (Phi) is 10.3. The average molecular weight is 531 g/mol. The molecular weight excluding hydrogens is 488 g/mol. The van der Waals surface area contributed by atoms with Crippen molar-refractivity contribution in [2.24, 2.45) is 17.8 Å². The van der Waals surface area contributed by atoms with Crippen molar-refractivity contribution < 1.29 is 22.3 Å². The molecule has 0 aromatic heterocycles. The van der Waals surface area contributed by atoms with E-state index in [9.17, 15) is 8.78 Å². The molecule has 0 aliphatic heterocycles. The van der Waals surface area contributed by atoms with Gasteiger partial charge in [0.05, 0.1) is 6.61 Å². The number of benzene rings is 2. The van der Waals surface area contributed by atoms with Crippen LogP contribution in [0.2, 0.25) is 0 Å². The largest absolute Gasteiger partial charge is 0.490 e. The summed E-state index contributed by atoms with van der Waals surface area (Å²) in [7, 11) is 0. The fourth-order valence-corrected chi connectivity index (χ4v) is 6.63. The first-order valence-corrected chi connectivity index (χ1v) is 14.7. The molecule has 0 heterocycles. The van der Waals surface area contributed by atoms with Crippen LogP contribution in [0.1, 0.15) is 102 Å². The Balaban J connectivity index is 1.40. The summed E-state index contributed by atoms with van der Waals surface area (Å²) in [6.45, 7) is 4.46. The van der Waals surface area contributed by atoms with Crippen LogP contribution in [0.3, 0.4) is 0 Å². The molecule has 0 N–H and O–H groups in total. The summed E-state index contributed by atoms with van der Waals surface area (Å²) >= 11 is 0. The predicted molar refractivity (Wildman–Crippen MR) is 146 cm³/mol. The third-order valence-electron chi connectivity index (χ3n) is 8.86. The first kappa shape index (κ1) is 28.7. The van der Waals surface area contributed by atoms with Gasteiger partial charge >= 0.3 is 0 Å². The smallest absolute Gasteiger partial charge is 0.201 e. The quantitative estimate of drug-likeness (QED) is 0.169. The Morgan fingerprint density at radius 3 is 1.95 bits per heavy atom. The molecule has 38 heavy (non-hydrogen) atoms. The first-order chi connectivity index (χ1) is 18.4. The van der Waals surface area contributed by atoms with Crippen LogP contribution in [0.4, 0.5) is 17.6 Å². The third-order valence-corrected chi connectivity index (χ3v) is 8.86. The monoisotopic (exact) mass is 530 g/mol. The molecule has 2 aromatic rings. The van der Waals surface area contributed by atoms with Gasteiger partial charge in [0.1, 0.15) is 0 Å². The lowest BCUT2D eigenvalue weighted by Crippen LogP contribution is -2.25. The van der Waals surface area contributed by atoms with Crippen molar-refractivity contribution in [2.45, 2.75) is 96.8 Å². The second-order valence-electron chi connectivity index (χ2n) is 11.3. The van der Waals surface area contributed by atoms with Crippen molar-refractivity contribution in [2.75, 3.05) is 6.61 Å². The maximum atomic E-state index is 15.3. The van der Waals surface area contributed by atoms with Gasteiger partial charge in [0.15, 0.2) is 23.2 Å². The molecule has 0 amide bonds. The highest BCUT2D eigenvalue weighted by Gasteiger charge is 2.32. The van der Waals surface area contributed by atoms with Crippen LogP contribution in [-0.4, -0.2) is 6.61 Å². The standard InChI is InChI=1S/C33H42F4O/c1-3-5-6-7-21-38-29-20-19-28(32(36)33(29)37)27-18-17-26(30(34)31(27)35)25-15-13-24(14-16-25)23-11-9-22(8-4-2)10-12-23/h4,8,17-20,22-25H,3,5-7,9-16,21H2,1-2H3. The number of allylic oxidation sites excluding steroid dienone is 2. The minimum absolute atomic E-state index is 0.0424. The maximum absolute atomic E-state index is 15.3. The van der Waals surface area contributed by atoms with E-state index in [1.165, 1.54) is 43.9 Å². The Morgan fingerprint density at radius 2 is 1.32 bits per heavy atom. The van der Waals surface area contributed by atoms with Gasteiger partial charge in [0.25, 0.3) is 0 Å². The van der Waals surface area contributed by atoms with Gasteiger partial charge in [-0.1, -0.05) is 50.5 Å². The Hall–Kier alpha value is -2.30. The number of rotatable bonds is 10. The number of halogens is 4. The van der Waals surface area contributed by atoms with E-state index in [0.29, 0.717) is 17.4 Å². The van der Waals surface area contributed by atoms with Crippen LogP contribution in [0, 0.1) is 41.0 Å². The van der Waals surface area contributed by atoms with E-state index < -0.39 is 23.3 Å². The van der Waals surface area contributed by atoms with Gasteiger partial charge in [-0.05, 0) is 106 Å². The lowest BCUT2D eigenvalue weighted by molar-refractivity contribution is 0.170. The van der Waals surface area contributed by atoms with E-state index in [2.05, 4.69) is 26.0 Å². The summed E-state index contributed by atoms with van der Waals surface area (Å²) in [6.07, 6.45) is 17.1. The number of unbranched alkanes of at least 4 members (excludes halogenated alkanes) is 3. The lowest BCUT2D eigenvalue weighted by Gasteiger charge is -2.37. The van der Waals surface area contributed by atoms with Crippen LogP contribution in [0.5, 0.6) is 5.75 Å². The van der Waals surface area contributed by atoms with Gasteiger partial charge in [-0.3, -0.25) is 0 Å². The molecular formula is C33H42F4O. The van der Waals surface area contributed by atoms with Gasteiger partial charge < -0.3 is 4.74 Å². The fourth-order valence-electron chi connectivity index (χ4n) is 6.63.